The molecule has 0 aliphatic carbocycles. The first kappa shape index (κ1) is 20.2. The maximum absolute atomic E-state index is 11.4. The van der Waals surface area contributed by atoms with Gasteiger partial charge in [0.15, 0.2) is 15.8 Å². The average Bonchev–Trinajstić information content (AvgIpc) is 2.81. The zero-order chi connectivity index (χ0) is 15.0. The van der Waals surface area contributed by atoms with Crippen LogP contribution in [0.5, 0.6) is 0 Å². The lowest BCUT2D eigenvalue weighted by Crippen LogP contribution is -2.39. The van der Waals surface area contributed by atoms with E-state index >= 15 is 0 Å². The highest BCUT2D eigenvalue weighted by Gasteiger charge is 2.07. The van der Waals surface area contributed by atoms with Crippen LogP contribution in [0.15, 0.2) is 17.3 Å². The summed E-state index contributed by atoms with van der Waals surface area (Å²) in [5, 5.41) is 10.2. The molecule has 0 atom stereocenters. The fraction of sp³-hybridized carbons (Fsp3) is 0.667. The standard InChI is InChI=1S/C12H23N5O2S.HI/c1-4-13-12(14-8-9-20(18,19)5-2)15-10-11-6-7-16-17(11)3;/h6-7H,4-5,8-10H2,1-3H3,(H2,13,14,15);1H. The molecule has 7 nitrogen and oxygen atoms in total. The predicted molar refractivity (Wildman–Crippen MR) is 95.8 cm³/mol. The van der Waals surface area contributed by atoms with E-state index in [1.165, 1.54) is 0 Å². The van der Waals surface area contributed by atoms with Gasteiger partial charge in [-0.2, -0.15) is 5.10 Å². The van der Waals surface area contributed by atoms with Crippen LogP contribution in [0.3, 0.4) is 0 Å². The zero-order valence-electron chi connectivity index (χ0n) is 12.7. The summed E-state index contributed by atoms with van der Waals surface area (Å²) >= 11 is 0. The fourth-order valence-electron chi connectivity index (χ4n) is 1.53. The third kappa shape index (κ3) is 7.65. The van der Waals surface area contributed by atoms with E-state index in [1.807, 2.05) is 20.0 Å². The van der Waals surface area contributed by atoms with E-state index in [0.717, 1.165) is 12.2 Å². The second kappa shape index (κ2) is 9.98. The number of guanidine groups is 1. The Balaban J connectivity index is 0.00000400. The monoisotopic (exact) mass is 429 g/mol. The molecular weight excluding hydrogens is 405 g/mol. The lowest BCUT2D eigenvalue weighted by molar-refractivity contribution is 0.595. The van der Waals surface area contributed by atoms with E-state index in [0.29, 0.717) is 19.0 Å². The highest BCUT2D eigenvalue weighted by molar-refractivity contribution is 14.0. The van der Waals surface area contributed by atoms with Crippen molar-refractivity contribution in [3.8, 4) is 0 Å². The molecule has 1 aromatic rings. The lowest BCUT2D eigenvalue weighted by atomic mass is 10.4. The van der Waals surface area contributed by atoms with E-state index in [1.54, 1.807) is 17.8 Å². The van der Waals surface area contributed by atoms with Gasteiger partial charge in [0.25, 0.3) is 0 Å². The Bertz CT molecular complexity index is 542. The van der Waals surface area contributed by atoms with Gasteiger partial charge >= 0.3 is 0 Å². The largest absolute Gasteiger partial charge is 0.357 e. The van der Waals surface area contributed by atoms with E-state index in [2.05, 4.69) is 20.7 Å². The molecule has 0 amide bonds. The van der Waals surface area contributed by atoms with Crippen LogP contribution in [-0.4, -0.2) is 48.8 Å². The molecule has 0 spiro atoms. The summed E-state index contributed by atoms with van der Waals surface area (Å²) in [7, 11) is -1.09. The van der Waals surface area contributed by atoms with Crippen LogP contribution >= 0.6 is 24.0 Å². The quantitative estimate of drug-likeness (QED) is 0.375. The van der Waals surface area contributed by atoms with Crippen LogP contribution in [0.2, 0.25) is 0 Å². The Labute approximate surface area is 143 Å². The number of rotatable bonds is 7. The van der Waals surface area contributed by atoms with Crippen molar-refractivity contribution < 1.29 is 8.42 Å². The van der Waals surface area contributed by atoms with Crippen molar-refractivity contribution >= 4 is 39.8 Å². The molecule has 0 saturated carbocycles. The molecule has 1 aromatic heterocycles. The van der Waals surface area contributed by atoms with Gasteiger partial charge in [-0.15, -0.1) is 24.0 Å². The van der Waals surface area contributed by atoms with Gasteiger partial charge in [-0.05, 0) is 13.0 Å². The molecule has 1 rings (SSSR count). The molecule has 122 valence electrons. The van der Waals surface area contributed by atoms with Crippen LogP contribution in [0.25, 0.3) is 0 Å². The Morgan fingerprint density at radius 2 is 2.10 bits per heavy atom. The van der Waals surface area contributed by atoms with Gasteiger partial charge in [-0.1, -0.05) is 6.92 Å². The molecule has 0 unspecified atom stereocenters. The van der Waals surface area contributed by atoms with Gasteiger partial charge in [-0.25, -0.2) is 13.4 Å². The summed E-state index contributed by atoms with van der Waals surface area (Å²) in [5.41, 5.74) is 0.989. The summed E-state index contributed by atoms with van der Waals surface area (Å²) in [6.07, 6.45) is 1.72. The number of sulfone groups is 1. The number of hydrogen-bond donors (Lipinski definition) is 2. The highest BCUT2D eigenvalue weighted by atomic mass is 127. The van der Waals surface area contributed by atoms with E-state index in [4.69, 9.17) is 0 Å². The van der Waals surface area contributed by atoms with Gasteiger partial charge in [0.1, 0.15) is 0 Å². The average molecular weight is 429 g/mol. The number of aliphatic imine (C=N–C) groups is 1. The molecule has 0 aliphatic rings. The Morgan fingerprint density at radius 3 is 2.62 bits per heavy atom. The predicted octanol–water partition coefficient (Wildman–Crippen LogP) is 0.528. The number of halogens is 1. The number of nitrogens with zero attached hydrogens (tertiary/aromatic N) is 3. The first-order valence-electron chi connectivity index (χ1n) is 6.68. The maximum atomic E-state index is 11.4. The third-order valence-electron chi connectivity index (χ3n) is 2.81. The lowest BCUT2D eigenvalue weighted by Gasteiger charge is -2.11. The summed E-state index contributed by atoms with van der Waals surface area (Å²) in [6, 6.07) is 1.90. The van der Waals surface area contributed by atoms with Gasteiger partial charge in [0.2, 0.25) is 0 Å². The molecule has 21 heavy (non-hydrogen) atoms. The molecular formula is C12H24IN5O2S. The van der Waals surface area contributed by atoms with Gasteiger partial charge in [-0.3, -0.25) is 4.68 Å². The van der Waals surface area contributed by atoms with Crippen molar-refractivity contribution in [2.75, 3.05) is 24.6 Å². The highest BCUT2D eigenvalue weighted by Crippen LogP contribution is 1.98. The second-order valence-corrected chi connectivity index (χ2v) is 6.78. The van der Waals surface area contributed by atoms with Crippen LogP contribution < -0.4 is 10.6 Å². The van der Waals surface area contributed by atoms with E-state index < -0.39 is 9.84 Å². The Morgan fingerprint density at radius 1 is 1.38 bits per heavy atom. The van der Waals surface area contributed by atoms with Crippen molar-refractivity contribution in [1.82, 2.24) is 20.4 Å². The van der Waals surface area contributed by atoms with E-state index in [9.17, 15) is 8.42 Å². The number of aromatic nitrogens is 2. The molecule has 0 saturated heterocycles. The zero-order valence-corrected chi connectivity index (χ0v) is 15.8. The fourth-order valence-corrected chi connectivity index (χ4v) is 2.23. The second-order valence-electron chi connectivity index (χ2n) is 4.30. The molecule has 2 N–H and O–H groups in total. The number of hydrogen-bond acceptors (Lipinski definition) is 4. The van der Waals surface area contributed by atoms with Crippen molar-refractivity contribution in [3.63, 3.8) is 0 Å². The van der Waals surface area contributed by atoms with Crippen LogP contribution in [0.4, 0.5) is 0 Å². The Hall–Kier alpha value is -0.840. The third-order valence-corrected chi connectivity index (χ3v) is 4.52. The number of aryl methyl sites for hydroxylation is 1. The molecule has 0 bridgehead atoms. The van der Waals surface area contributed by atoms with Gasteiger partial charge in [0.05, 0.1) is 18.0 Å². The summed E-state index contributed by atoms with van der Waals surface area (Å²) in [4.78, 5) is 4.40. The van der Waals surface area contributed by atoms with Gasteiger partial charge in [0, 0.05) is 32.1 Å². The summed E-state index contributed by atoms with van der Waals surface area (Å²) < 4.78 is 24.6. The molecule has 0 radical (unpaired) electrons. The van der Waals surface area contributed by atoms with Crippen LogP contribution in [0, 0.1) is 0 Å². The number of nitrogens with one attached hydrogen (secondary N) is 2. The molecule has 0 aromatic carbocycles. The topological polar surface area (TPSA) is 88.4 Å². The first-order valence-corrected chi connectivity index (χ1v) is 8.50. The van der Waals surface area contributed by atoms with Crippen molar-refractivity contribution in [3.05, 3.63) is 18.0 Å². The van der Waals surface area contributed by atoms with Crippen LogP contribution in [0.1, 0.15) is 19.5 Å². The normalized spacial score (nSPS) is 11.9. The smallest absolute Gasteiger partial charge is 0.191 e. The SMILES string of the molecule is CCNC(=NCc1ccnn1C)NCCS(=O)(=O)CC.I. The Kier molecular flexibility index (Phi) is 9.58. The minimum Gasteiger partial charge on any atom is -0.357 e. The van der Waals surface area contributed by atoms with Crippen molar-refractivity contribution in [2.45, 2.75) is 20.4 Å². The molecule has 1 heterocycles. The first-order chi connectivity index (χ1) is 9.48. The molecule has 9 heteroatoms. The molecule has 0 aliphatic heterocycles. The van der Waals surface area contributed by atoms with Crippen molar-refractivity contribution in [2.24, 2.45) is 12.0 Å². The van der Waals surface area contributed by atoms with Crippen molar-refractivity contribution in [1.29, 1.82) is 0 Å². The molecule has 0 fully saturated rings. The summed E-state index contributed by atoms with van der Waals surface area (Å²) in [5.74, 6) is 0.886. The maximum Gasteiger partial charge on any atom is 0.191 e. The minimum absolute atomic E-state index is 0. The van der Waals surface area contributed by atoms with E-state index in [-0.39, 0.29) is 35.5 Å². The van der Waals surface area contributed by atoms with Gasteiger partial charge < -0.3 is 10.6 Å². The summed E-state index contributed by atoms with van der Waals surface area (Å²) in [6.45, 7) is 5.18. The minimum atomic E-state index is -2.95. The van der Waals surface area contributed by atoms with Crippen LogP contribution in [-0.2, 0) is 23.4 Å².